The van der Waals surface area contributed by atoms with Gasteiger partial charge in [-0.25, -0.2) is 9.37 Å². The molecule has 2 aromatic carbocycles. The highest BCUT2D eigenvalue weighted by molar-refractivity contribution is 14.2. The predicted octanol–water partition coefficient (Wildman–Crippen LogP) is 5.26. The number of anilines is 1. The van der Waals surface area contributed by atoms with Crippen LogP contribution in [0.4, 0.5) is 10.2 Å². The van der Waals surface area contributed by atoms with Crippen molar-refractivity contribution in [1.82, 2.24) is 25.4 Å². The van der Waals surface area contributed by atoms with Crippen LogP contribution in [0.25, 0.3) is 22.3 Å². The summed E-state index contributed by atoms with van der Waals surface area (Å²) in [6.45, 7) is 4.81. The van der Waals surface area contributed by atoms with E-state index in [1.807, 2.05) is 33.3 Å². The molecule has 2 atom stereocenters. The smallest absolute Gasteiger partial charge is 0.254 e. The summed E-state index contributed by atoms with van der Waals surface area (Å²) in [4.78, 5) is 17.6. The van der Waals surface area contributed by atoms with E-state index in [2.05, 4.69) is 50.4 Å². The largest absolute Gasteiger partial charge is 0.383 e. The van der Waals surface area contributed by atoms with E-state index in [4.69, 9.17) is 5.73 Å². The molecule has 39 heavy (non-hydrogen) atoms. The van der Waals surface area contributed by atoms with E-state index < -0.39 is 11.7 Å². The van der Waals surface area contributed by atoms with Crippen molar-refractivity contribution in [3.05, 3.63) is 87.1 Å². The van der Waals surface area contributed by atoms with Gasteiger partial charge in [0.15, 0.2) is 0 Å². The lowest BCUT2D eigenvalue weighted by molar-refractivity contribution is 0.0925. The third kappa shape index (κ3) is 6.42. The van der Waals surface area contributed by atoms with Crippen LogP contribution < -0.4 is 16.4 Å². The zero-order chi connectivity index (χ0) is 28.1. The maximum absolute atomic E-state index is 15.4. The zero-order valence-corrected chi connectivity index (χ0v) is 24.8. The van der Waals surface area contributed by atoms with Crippen molar-refractivity contribution < 1.29 is 9.18 Å². The highest BCUT2D eigenvalue weighted by Gasteiger charge is 2.25. The second kappa shape index (κ2) is 12.6. The van der Waals surface area contributed by atoms with Crippen molar-refractivity contribution in [3.8, 4) is 22.3 Å². The SMILES string of the molecule is C=Ic1ccc([C@H](CNC)[C@@H](CC)NC(=O)c2ccc(-c3cc(-c4cnn(C)c4)cnc3N)cc2F)cc1C. The molecule has 0 bridgehead atoms. The lowest BCUT2D eigenvalue weighted by Gasteiger charge is -2.28. The molecule has 0 radical (unpaired) electrons. The minimum absolute atomic E-state index is 0.0105. The van der Waals surface area contributed by atoms with Gasteiger partial charge in [-0.3, -0.25) is 9.48 Å². The minimum Gasteiger partial charge on any atom is -0.383 e. The molecule has 7 nitrogen and oxygen atoms in total. The second-order valence-electron chi connectivity index (χ2n) is 9.55. The Kier molecular flexibility index (Phi) is 9.24. The third-order valence-electron chi connectivity index (χ3n) is 6.90. The number of halogens is 2. The number of rotatable bonds is 10. The van der Waals surface area contributed by atoms with E-state index in [1.165, 1.54) is 21.3 Å². The standard InChI is InChI=1S/C30H34FIN6O/c1-6-28(25(16-34-4)19-8-10-27(32-3)18(2)11-19)37-30(39)23-9-7-20(13-26(23)31)24-12-21(14-35-29(24)33)22-15-36-38(5)17-22/h7-15,17,25,28,34H,3,6,16H2,1-2,4-5H3,(H2,33,35)(H,37,39)/t25-,28+/m0/s1. The maximum Gasteiger partial charge on any atom is 0.254 e. The van der Waals surface area contributed by atoms with Gasteiger partial charge in [0, 0.05) is 58.2 Å². The van der Waals surface area contributed by atoms with Gasteiger partial charge < -0.3 is 16.4 Å². The van der Waals surface area contributed by atoms with Gasteiger partial charge in [-0.05, 0) is 61.3 Å². The number of nitrogens with two attached hydrogens (primary N) is 1. The number of aryl methyl sites for hydroxylation is 2. The van der Waals surface area contributed by atoms with E-state index in [-0.39, 0.29) is 44.1 Å². The number of hydrogen-bond acceptors (Lipinski definition) is 5. The number of hydrogen-bond donors (Lipinski definition) is 3. The molecule has 4 rings (SSSR count). The molecule has 4 N–H and O–H groups in total. The number of likely N-dealkylation sites (N-methyl/N-ethyl adjacent to an activating group) is 1. The Morgan fingerprint density at radius 1 is 1.15 bits per heavy atom. The summed E-state index contributed by atoms with van der Waals surface area (Å²) in [6, 6.07) is 12.7. The van der Waals surface area contributed by atoms with Crippen molar-refractivity contribution >= 4 is 37.0 Å². The summed E-state index contributed by atoms with van der Waals surface area (Å²) < 4.78 is 22.5. The zero-order valence-electron chi connectivity index (χ0n) is 22.6. The summed E-state index contributed by atoms with van der Waals surface area (Å²) in [7, 11) is 3.73. The molecule has 2 heterocycles. The molecule has 0 aliphatic carbocycles. The fourth-order valence-electron chi connectivity index (χ4n) is 4.80. The van der Waals surface area contributed by atoms with Gasteiger partial charge in [0.05, 0.1) is 11.8 Å². The molecule has 204 valence electrons. The lowest BCUT2D eigenvalue weighted by atomic mass is 9.88. The molecular weight excluding hydrogens is 606 g/mol. The number of benzene rings is 2. The number of nitrogen functional groups attached to an aromatic ring is 1. The average Bonchev–Trinajstić information content (AvgIpc) is 3.36. The number of pyridine rings is 1. The monoisotopic (exact) mass is 640 g/mol. The molecule has 4 aromatic rings. The normalized spacial score (nSPS) is 12.7. The molecular formula is C30H34FIN6O. The molecule has 0 aliphatic heterocycles. The van der Waals surface area contributed by atoms with Crippen LogP contribution in [0, 0.1) is 16.3 Å². The number of aromatic nitrogens is 3. The number of carbonyl (C=O) groups excluding carboxylic acids is 1. The highest BCUT2D eigenvalue weighted by atomic mass is 127. The van der Waals surface area contributed by atoms with Crippen LogP contribution in [0.2, 0.25) is 0 Å². The third-order valence-corrected chi connectivity index (χ3v) is 8.93. The van der Waals surface area contributed by atoms with E-state index in [9.17, 15) is 4.79 Å². The van der Waals surface area contributed by atoms with E-state index in [0.717, 1.165) is 16.7 Å². The van der Waals surface area contributed by atoms with Gasteiger partial charge in [0.1, 0.15) is 11.6 Å². The van der Waals surface area contributed by atoms with Gasteiger partial charge in [-0.15, -0.1) is 0 Å². The number of carbonyl (C=O) groups is 1. The van der Waals surface area contributed by atoms with Crippen LogP contribution in [-0.4, -0.2) is 44.8 Å². The van der Waals surface area contributed by atoms with Gasteiger partial charge in [-0.2, -0.15) is 5.10 Å². The lowest BCUT2D eigenvalue weighted by Crippen LogP contribution is -2.42. The first-order valence-corrected chi connectivity index (χ1v) is 15.3. The second-order valence-corrected chi connectivity index (χ2v) is 11.5. The van der Waals surface area contributed by atoms with Crippen LogP contribution in [-0.2, 0) is 7.05 Å². The Hall–Kier alpha value is -3.44. The number of amides is 1. The average molecular weight is 641 g/mol. The van der Waals surface area contributed by atoms with Crippen LogP contribution in [0.1, 0.15) is 40.7 Å². The van der Waals surface area contributed by atoms with Crippen LogP contribution >= 0.6 is 20.7 Å². The summed E-state index contributed by atoms with van der Waals surface area (Å²) >= 11 is -0.250. The van der Waals surface area contributed by atoms with Crippen molar-refractivity contribution in [1.29, 1.82) is 0 Å². The molecule has 9 heteroatoms. The fourth-order valence-corrected chi connectivity index (χ4v) is 5.99. The molecule has 0 aliphatic rings. The molecule has 2 aromatic heterocycles. The van der Waals surface area contributed by atoms with Crippen LogP contribution in [0.15, 0.2) is 61.1 Å². The number of nitrogens with one attached hydrogen (secondary N) is 2. The highest BCUT2D eigenvalue weighted by Crippen LogP contribution is 2.31. The van der Waals surface area contributed by atoms with Crippen molar-refractivity contribution in [2.45, 2.75) is 32.2 Å². The van der Waals surface area contributed by atoms with Crippen LogP contribution in [0.5, 0.6) is 0 Å². The van der Waals surface area contributed by atoms with Gasteiger partial charge in [-0.1, -0.05) is 50.4 Å². The summed E-state index contributed by atoms with van der Waals surface area (Å²) in [5.74, 6) is -0.749. The molecule has 0 saturated heterocycles. The first-order chi connectivity index (χ1) is 18.7. The Morgan fingerprint density at radius 3 is 2.56 bits per heavy atom. The summed E-state index contributed by atoms with van der Waals surface area (Å²) in [5.41, 5.74) is 11.3. The fraction of sp³-hybridized carbons (Fsp3) is 0.267. The Bertz CT molecular complexity index is 1500. The van der Waals surface area contributed by atoms with Crippen molar-refractivity contribution in [2.75, 3.05) is 19.3 Å². The van der Waals surface area contributed by atoms with E-state index in [0.29, 0.717) is 24.1 Å². The topological polar surface area (TPSA) is 97.9 Å². The predicted molar refractivity (Wildman–Crippen MR) is 165 cm³/mol. The van der Waals surface area contributed by atoms with Gasteiger partial charge in [0.2, 0.25) is 0 Å². The van der Waals surface area contributed by atoms with Gasteiger partial charge in [0.25, 0.3) is 5.91 Å². The summed E-state index contributed by atoms with van der Waals surface area (Å²) in [6.07, 6.45) is 5.96. The first-order valence-electron chi connectivity index (χ1n) is 12.7. The first kappa shape index (κ1) is 28.6. The summed E-state index contributed by atoms with van der Waals surface area (Å²) in [5, 5.41) is 10.5. The minimum atomic E-state index is -0.615. The van der Waals surface area contributed by atoms with Crippen molar-refractivity contribution in [3.63, 3.8) is 0 Å². The molecule has 0 spiro atoms. The molecule has 0 fully saturated rings. The van der Waals surface area contributed by atoms with E-state index in [1.54, 1.807) is 23.1 Å². The Balaban J connectivity index is 1.58. The Morgan fingerprint density at radius 2 is 1.95 bits per heavy atom. The van der Waals surface area contributed by atoms with E-state index >= 15 is 4.39 Å². The molecule has 0 unspecified atom stereocenters. The maximum atomic E-state index is 15.4. The van der Waals surface area contributed by atoms with Gasteiger partial charge >= 0.3 is 0 Å². The van der Waals surface area contributed by atoms with Crippen molar-refractivity contribution in [2.24, 2.45) is 7.05 Å². The quantitative estimate of drug-likeness (QED) is 0.206. The molecule has 0 saturated carbocycles. The number of nitrogens with zero attached hydrogens (tertiary/aromatic N) is 3. The van der Waals surface area contributed by atoms with Crippen LogP contribution in [0.3, 0.4) is 0 Å². The Labute approximate surface area is 238 Å². The molecule has 1 amide bonds.